The van der Waals surface area contributed by atoms with Crippen LogP contribution in [-0.4, -0.2) is 7.05 Å². The number of hydrogen-bond donors (Lipinski definition) is 1. The van der Waals surface area contributed by atoms with Gasteiger partial charge in [-0.05, 0) is 37.7 Å². The molecule has 0 spiro atoms. The minimum atomic E-state index is 0.578. The SMILES string of the molecule is CNCc1cc(COCc2ccc(Br)cc2)c(C)o1. The Morgan fingerprint density at radius 2 is 1.95 bits per heavy atom. The van der Waals surface area contributed by atoms with Crippen LogP contribution in [0.2, 0.25) is 0 Å². The summed E-state index contributed by atoms with van der Waals surface area (Å²) < 4.78 is 12.4. The summed E-state index contributed by atoms with van der Waals surface area (Å²) in [6, 6.07) is 10.2. The van der Waals surface area contributed by atoms with E-state index < -0.39 is 0 Å². The molecule has 1 heterocycles. The molecule has 0 unspecified atom stereocenters. The number of furan rings is 1. The summed E-state index contributed by atoms with van der Waals surface area (Å²) in [5, 5.41) is 3.07. The van der Waals surface area contributed by atoms with Gasteiger partial charge in [-0.3, -0.25) is 0 Å². The number of rotatable bonds is 6. The predicted octanol–water partition coefficient (Wildman–Crippen LogP) is 3.79. The third kappa shape index (κ3) is 4.20. The fourth-order valence-corrected chi connectivity index (χ4v) is 2.12. The van der Waals surface area contributed by atoms with Gasteiger partial charge in [0.1, 0.15) is 11.5 Å². The molecule has 0 aliphatic rings. The highest BCUT2D eigenvalue weighted by Gasteiger charge is 2.06. The van der Waals surface area contributed by atoms with Gasteiger partial charge in [-0.2, -0.15) is 0 Å². The zero-order valence-corrected chi connectivity index (χ0v) is 12.8. The molecule has 0 atom stereocenters. The first-order valence-electron chi connectivity index (χ1n) is 6.24. The van der Waals surface area contributed by atoms with Gasteiger partial charge in [0.15, 0.2) is 0 Å². The van der Waals surface area contributed by atoms with Crippen LogP contribution in [0.1, 0.15) is 22.6 Å². The maximum Gasteiger partial charge on any atom is 0.118 e. The van der Waals surface area contributed by atoms with E-state index in [1.807, 2.05) is 32.2 Å². The molecule has 2 rings (SSSR count). The van der Waals surface area contributed by atoms with Crippen LogP contribution in [0, 0.1) is 6.92 Å². The fourth-order valence-electron chi connectivity index (χ4n) is 1.85. The summed E-state index contributed by atoms with van der Waals surface area (Å²) in [4.78, 5) is 0. The predicted molar refractivity (Wildman–Crippen MR) is 78.8 cm³/mol. The summed E-state index contributed by atoms with van der Waals surface area (Å²) in [7, 11) is 1.90. The van der Waals surface area contributed by atoms with Gasteiger partial charge >= 0.3 is 0 Å². The van der Waals surface area contributed by atoms with E-state index in [1.165, 1.54) is 5.56 Å². The summed E-state index contributed by atoms with van der Waals surface area (Å²) in [6.07, 6.45) is 0. The van der Waals surface area contributed by atoms with Crippen LogP contribution >= 0.6 is 15.9 Å². The maximum absolute atomic E-state index is 5.72. The molecule has 19 heavy (non-hydrogen) atoms. The van der Waals surface area contributed by atoms with Gasteiger partial charge in [-0.15, -0.1) is 0 Å². The van der Waals surface area contributed by atoms with Crippen LogP contribution in [0.25, 0.3) is 0 Å². The van der Waals surface area contributed by atoms with E-state index in [9.17, 15) is 0 Å². The lowest BCUT2D eigenvalue weighted by Crippen LogP contribution is -2.03. The largest absolute Gasteiger partial charge is 0.465 e. The second-order valence-corrected chi connectivity index (χ2v) is 5.36. The monoisotopic (exact) mass is 323 g/mol. The van der Waals surface area contributed by atoms with Gasteiger partial charge < -0.3 is 14.5 Å². The molecule has 0 aliphatic heterocycles. The molecule has 1 aromatic carbocycles. The van der Waals surface area contributed by atoms with Crippen molar-refractivity contribution in [1.29, 1.82) is 0 Å². The molecule has 1 N–H and O–H groups in total. The van der Waals surface area contributed by atoms with Gasteiger partial charge in [0.2, 0.25) is 0 Å². The van der Waals surface area contributed by atoms with Crippen molar-refractivity contribution in [3.8, 4) is 0 Å². The molecular weight excluding hydrogens is 306 g/mol. The van der Waals surface area contributed by atoms with E-state index in [4.69, 9.17) is 9.15 Å². The van der Waals surface area contributed by atoms with Crippen LogP contribution in [0.3, 0.4) is 0 Å². The highest BCUT2D eigenvalue weighted by molar-refractivity contribution is 9.10. The van der Waals surface area contributed by atoms with E-state index in [-0.39, 0.29) is 0 Å². The first-order chi connectivity index (χ1) is 9.19. The normalized spacial score (nSPS) is 10.9. The zero-order chi connectivity index (χ0) is 13.7. The van der Waals surface area contributed by atoms with Crippen LogP contribution < -0.4 is 5.32 Å². The van der Waals surface area contributed by atoms with Crippen molar-refractivity contribution in [2.75, 3.05) is 7.05 Å². The summed E-state index contributed by atoms with van der Waals surface area (Å²) >= 11 is 3.42. The minimum absolute atomic E-state index is 0.578. The van der Waals surface area contributed by atoms with Crippen LogP contribution in [-0.2, 0) is 24.5 Å². The molecule has 102 valence electrons. The molecule has 3 nitrogen and oxygen atoms in total. The molecule has 0 amide bonds. The standard InChI is InChI=1S/C15H18BrNO2/c1-11-13(7-15(19-11)8-17-2)10-18-9-12-3-5-14(16)6-4-12/h3-7,17H,8-10H2,1-2H3. The molecule has 2 aromatic rings. The van der Waals surface area contributed by atoms with Crippen LogP contribution in [0.4, 0.5) is 0 Å². The highest BCUT2D eigenvalue weighted by atomic mass is 79.9. The molecule has 0 bridgehead atoms. The van der Waals surface area contributed by atoms with Gasteiger partial charge in [0.05, 0.1) is 19.8 Å². The minimum Gasteiger partial charge on any atom is -0.465 e. The molecule has 0 aliphatic carbocycles. The highest BCUT2D eigenvalue weighted by Crippen LogP contribution is 2.17. The lowest BCUT2D eigenvalue weighted by molar-refractivity contribution is 0.106. The average molecular weight is 324 g/mol. The van der Waals surface area contributed by atoms with Crippen molar-refractivity contribution in [2.24, 2.45) is 0 Å². The Morgan fingerprint density at radius 3 is 2.63 bits per heavy atom. The fraction of sp³-hybridized carbons (Fsp3) is 0.333. The van der Waals surface area contributed by atoms with Crippen LogP contribution in [0.15, 0.2) is 39.2 Å². The van der Waals surface area contributed by atoms with E-state index in [2.05, 4.69) is 33.4 Å². The molecule has 0 saturated heterocycles. The number of benzene rings is 1. The third-order valence-electron chi connectivity index (χ3n) is 2.86. The second-order valence-electron chi connectivity index (χ2n) is 4.44. The quantitative estimate of drug-likeness (QED) is 0.878. The number of nitrogens with one attached hydrogen (secondary N) is 1. The Kier molecular flexibility index (Phi) is 5.19. The van der Waals surface area contributed by atoms with Crippen molar-refractivity contribution >= 4 is 15.9 Å². The number of aryl methyl sites for hydroxylation is 1. The van der Waals surface area contributed by atoms with Crippen molar-refractivity contribution < 1.29 is 9.15 Å². The lowest BCUT2D eigenvalue weighted by Gasteiger charge is -2.03. The first kappa shape index (κ1) is 14.3. The Hall–Kier alpha value is -1.10. The summed E-state index contributed by atoms with van der Waals surface area (Å²) in [6.45, 7) is 3.90. The molecule has 4 heteroatoms. The number of hydrogen-bond acceptors (Lipinski definition) is 3. The third-order valence-corrected chi connectivity index (χ3v) is 3.39. The molecule has 0 fully saturated rings. The topological polar surface area (TPSA) is 34.4 Å². The van der Waals surface area contributed by atoms with Gasteiger partial charge in [-0.1, -0.05) is 28.1 Å². The Labute approximate surface area is 122 Å². The van der Waals surface area contributed by atoms with E-state index in [0.717, 1.165) is 28.1 Å². The lowest BCUT2D eigenvalue weighted by atomic mass is 10.2. The van der Waals surface area contributed by atoms with Crippen molar-refractivity contribution in [1.82, 2.24) is 5.32 Å². The summed E-state index contributed by atoms with van der Waals surface area (Å²) in [5.41, 5.74) is 2.28. The maximum atomic E-state index is 5.72. The smallest absolute Gasteiger partial charge is 0.118 e. The molecule has 1 aromatic heterocycles. The average Bonchev–Trinajstić information content (AvgIpc) is 2.73. The van der Waals surface area contributed by atoms with Gasteiger partial charge in [0, 0.05) is 10.0 Å². The molecule has 0 radical (unpaired) electrons. The van der Waals surface area contributed by atoms with Crippen molar-refractivity contribution in [3.05, 3.63) is 57.5 Å². The summed E-state index contributed by atoms with van der Waals surface area (Å²) in [5.74, 6) is 1.88. The Morgan fingerprint density at radius 1 is 1.21 bits per heavy atom. The Bertz CT molecular complexity index is 519. The number of ether oxygens (including phenoxy) is 1. The number of halogens is 1. The van der Waals surface area contributed by atoms with E-state index >= 15 is 0 Å². The second kappa shape index (κ2) is 6.89. The first-order valence-corrected chi connectivity index (χ1v) is 7.03. The van der Waals surface area contributed by atoms with Gasteiger partial charge in [-0.25, -0.2) is 0 Å². The van der Waals surface area contributed by atoms with Gasteiger partial charge in [0.25, 0.3) is 0 Å². The van der Waals surface area contributed by atoms with Crippen molar-refractivity contribution in [2.45, 2.75) is 26.7 Å². The molecule has 0 saturated carbocycles. The van der Waals surface area contributed by atoms with E-state index in [1.54, 1.807) is 0 Å². The van der Waals surface area contributed by atoms with E-state index in [0.29, 0.717) is 13.2 Å². The molecular formula is C15H18BrNO2. The Balaban J connectivity index is 1.86. The van der Waals surface area contributed by atoms with Crippen LogP contribution in [0.5, 0.6) is 0 Å². The zero-order valence-electron chi connectivity index (χ0n) is 11.2. The van der Waals surface area contributed by atoms with Crippen molar-refractivity contribution in [3.63, 3.8) is 0 Å².